The number of nitrogens with zero attached hydrogens (tertiary/aromatic N) is 1. The van der Waals surface area contributed by atoms with Gasteiger partial charge in [0.2, 0.25) is 5.91 Å². The quantitative estimate of drug-likeness (QED) is 0.526. The average molecular weight is 272 g/mol. The summed E-state index contributed by atoms with van der Waals surface area (Å²) in [7, 11) is 1.56. The number of hydrogen-bond donors (Lipinski definition) is 3. The van der Waals surface area contributed by atoms with E-state index in [1.54, 1.807) is 7.11 Å². The molecule has 3 N–H and O–H groups in total. The van der Waals surface area contributed by atoms with Crippen LogP contribution in [0.4, 0.5) is 4.79 Å². The molecule has 0 aromatic rings. The molecule has 0 aliphatic carbocycles. The van der Waals surface area contributed by atoms with Gasteiger partial charge in [0.1, 0.15) is 0 Å². The molecule has 1 aliphatic heterocycles. The second-order valence-electron chi connectivity index (χ2n) is 4.51. The van der Waals surface area contributed by atoms with Crippen LogP contribution in [0.1, 0.15) is 13.3 Å². The predicted molar refractivity (Wildman–Crippen MR) is 71.9 cm³/mol. The molecule has 0 saturated carbocycles. The van der Waals surface area contributed by atoms with Crippen LogP contribution in [-0.2, 0) is 9.53 Å². The third kappa shape index (κ3) is 6.00. The van der Waals surface area contributed by atoms with Gasteiger partial charge in [-0.2, -0.15) is 0 Å². The molecule has 0 spiro atoms. The van der Waals surface area contributed by atoms with E-state index in [0.29, 0.717) is 19.2 Å². The van der Waals surface area contributed by atoms with Crippen molar-refractivity contribution < 1.29 is 14.3 Å². The molecule has 19 heavy (non-hydrogen) atoms. The summed E-state index contributed by atoms with van der Waals surface area (Å²) < 4.78 is 4.80. The number of imide groups is 1. The zero-order valence-electron chi connectivity index (χ0n) is 11.7. The van der Waals surface area contributed by atoms with E-state index in [4.69, 9.17) is 4.74 Å². The number of carbonyl (C=O) groups excluding carboxylic acids is 2. The topological polar surface area (TPSA) is 82.7 Å². The molecule has 3 amide bonds. The van der Waals surface area contributed by atoms with Gasteiger partial charge in [0.05, 0.1) is 13.2 Å². The first-order chi connectivity index (χ1) is 9.17. The van der Waals surface area contributed by atoms with Crippen LogP contribution in [0.3, 0.4) is 0 Å². The highest BCUT2D eigenvalue weighted by atomic mass is 16.5. The predicted octanol–water partition coefficient (Wildman–Crippen LogP) is -0.858. The minimum atomic E-state index is -0.470. The minimum Gasteiger partial charge on any atom is -0.383 e. The molecule has 7 heteroatoms. The Morgan fingerprint density at radius 1 is 1.47 bits per heavy atom. The zero-order chi connectivity index (χ0) is 14.1. The van der Waals surface area contributed by atoms with Gasteiger partial charge in [0.25, 0.3) is 0 Å². The van der Waals surface area contributed by atoms with Gasteiger partial charge >= 0.3 is 6.03 Å². The van der Waals surface area contributed by atoms with Crippen LogP contribution < -0.4 is 16.0 Å². The molecule has 1 saturated heterocycles. The number of amides is 3. The number of methoxy groups -OCH3 is 1. The Hall–Kier alpha value is -1.18. The summed E-state index contributed by atoms with van der Waals surface area (Å²) in [5, 5.41) is 8.14. The molecule has 0 aromatic heterocycles. The van der Waals surface area contributed by atoms with Gasteiger partial charge in [-0.05, 0) is 19.5 Å². The van der Waals surface area contributed by atoms with Crippen molar-refractivity contribution in [1.29, 1.82) is 0 Å². The van der Waals surface area contributed by atoms with E-state index in [9.17, 15) is 9.59 Å². The lowest BCUT2D eigenvalue weighted by Crippen LogP contribution is -2.48. The normalized spacial score (nSPS) is 18.6. The molecule has 110 valence electrons. The maximum Gasteiger partial charge on any atom is 0.321 e. The summed E-state index contributed by atoms with van der Waals surface area (Å²) in [5.74, 6) is -0.274. The number of likely N-dealkylation sites (N-methyl/N-ethyl adjacent to an activating group) is 1. The first kappa shape index (κ1) is 15.9. The lowest BCUT2D eigenvalue weighted by atomic mass is 10.2. The maximum atomic E-state index is 11.7. The number of hydrogen-bond acceptors (Lipinski definition) is 5. The van der Waals surface area contributed by atoms with E-state index in [1.807, 2.05) is 6.92 Å². The van der Waals surface area contributed by atoms with Gasteiger partial charge in [0.15, 0.2) is 0 Å². The van der Waals surface area contributed by atoms with Crippen LogP contribution in [-0.4, -0.2) is 69.3 Å². The van der Waals surface area contributed by atoms with Crippen molar-refractivity contribution in [3.8, 4) is 0 Å². The molecule has 0 bridgehead atoms. The van der Waals surface area contributed by atoms with E-state index in [1.165, 1.54) is 0 Å². The molecular formula is C12H24N4O3. The number of ether oxygens (including phenoxy) is 1. The first-order valence-corrected chi connectivity index (χ1v) is 6.68. The number of rotatable bonds is 7. The van der Waals surface area contributed by atoms with Crippen LogP contribution >= 0.6 is 0 Å². The third-order valence-corrected chi connectivity index (χ3v) is 3.15. The molecular weight excluding hydrogens is 248 g/mol. The standard InChI is InChI=1S/C12H24N4O3/c1-3-16(10-4-5-13-8-10)9-11(17)15-12(18)14-6-7-19-2/h10,13H,3-9H2,1-2H3,(H2,14,15,17,18). The SMILES string of the molecule is CCN(CC(=O)NC(=O)NCCOC)C1CCNC1. The zero-order valence-corrected chi connectivity index (χ0v) is 11.7. The lowest BCUT2D eigenvalue weighted by molar-refractivity contribution is -0.121. The Bertz CT molecular complexity index is 293. The summed E-state index contributed by atoms with van der Waals surface area (Å²) >= 11 is 0. The van der Waals surface area contributed by atoms with Crippen LogP contribution in [0.25, 0.3) is 0 Å². The molecule has 0 radical (unpaired) electrons. The van der Waals surface area contributed by atoms with Crippen molar-refractivity contribution in [3.05, 3.63) is 0 Å². The fraction of sp³-hybridized carbons (Fsp3) is 0.833. The van der Waals surface area contributed by atoms with Gasteiger partial charge < -0.3 is 15.4 Å². The number of urea groups is 1. The lowest BCUT2D eigenvalue weighted by Gasteiger charge is -2.25. The molecule has 7 nitrogen and oxygen atoms in total. The van der Waals surface area contributed by atoms with Gasteiger partial charge in [-0.1, -0.05) is 6.92 Å². The number of nitrogens with one attached hydrogen (secondary N) is 3. The highest BCUT2D eigenvalue weighted by Crippen LogP contribution is 2.07. The van der Waals surface area contributed by atoms with Crippen LogP contribution in [0, 0.1) is 0 Å². The minimum absolute atomic E-state index is 0.251. The average Bonchev–Trinajstić information content (AvgIpc) is 2.90. The van der Waals surface area contributed by atoms with Gasteiger partial charge in [-0.3, -0.25) is 15.0 Å². The summed E-state index contributed by atoms with van der Waals surface area (Å²) in [6.07, 6.45) is 1.04. The maximum absolute atomic E-state index is 11.7. The molecule has 1 rings (SSSR count). The van der Waals surface area contributed by atoms with E-state index >= 15 is 0 Å². The van der Waals surface area contributed by atoms with E-state index in [0.717, 1.165) is 26.1 Å². The third-order valence-electron chi connectivity index (χ3n) is 3.15. The van der Waals surface area contributed by atoms with Gasteiger partial charge in [-0.25, -0.2) is 4.79 Å². The van der Waals surface area contributed by atoms with E-state index < -0.39 is 6.03 Å². The van der Waals surface area contributed by atoms with Crippen molar-refractivity contribution in [3.63, 3.8) is 0 Å². The second-order valence-corrected chi connectivity index (χ2v) is 4.51. The smallest absolute Gasteiger partial charge is 0.321 e. The second kappa shape index (κ2) is 8.84. The van der Waals surface area contributed by atoms with Crippen molar-refractivity contribution in [1.82, 2.24) is 20.9 Å². The molecule has 1 aliphatic rings. The van der Waals surface area contributed by atoms with Gasteiger partial charge in [0, 0.05) is 26.2 Å². The highest BCUT2D eigenvalue weighted by molar-refractivity contribution is 5.95. The first-order valence-electron chi connectivity index (χ1n) is 6.68. The summed E-state index contributed by atoms with van der Waals surface area (Å²) in [4.78, 5) is 25.2. The summed E-state index contributed by atoms with van der Waals surface area (Å²) in [6.45, 7) is 5.77. The monoisotopic (exact) mass is 272 g/mol. The Labute approximate surface area is 114 Å². The Morgan fingerprint density at radius 2 is 2.26 bits per heavy atom. The summed E-state index contributed by atoms with van der Waals surface area (Å²) in [5.41, 5.74) is 0. The molecule has 0 aromatic carbocycles. The fourth-order valence-corrected chi connectivity index (χ4v) is 2.11. The Morgan fingerprint density at radius 3 is 2.84 bits per heavy atom. The largest absolute Gasteiger partial charge is 0.383 e. The van der Waals surface area contributed by atoms with E-state index in [2.05, 4.69) is 20.9 Å². The van der Waals surface area contributed by atoms with Crippen molar-refractivity contribution in [2.75, 3.05) is 46.4 Å². The highest BCUT2D eigenvalue weighted by Gasteiger charge is 2.23. The Kier molecular flexibility index (Phi) is 7.39. The molecule has 1 heterocycles. The Balaban J connectivity index is 2.26. The fourth-order valence-electron chi connectivity index (χ4n) is 2.11. The molecule has 1 fully saturated rings. The molecule has 1 atom stereocenters. The van der Waals surface area contributed by atoms with Crippen molar-refractivity contribution in [2.24, 2.45) is 0 Å². The van der Waals surface area contributed by atoms with E-state index in [-0.39, 0.29) is 12.5 Å². The van der Waals surface area contributed by atoms with Crippen LogP contribution in [0.5, 0.6) is 0 Å². The number of carbonyl (C=O) groups is 2. The van der Waals surface area contributed by atoms with Gasteiger partial charge in [-0.15, -0.1) is 0 Å². The van der Waals surface area contributed by atoms with Crippen molar-refractivity contribution >= 4 is 11.9 Å². The van der Waals surface area contributed by atoms with Crippen LogP contribution in [0.15, 0.2) is 0 Å². The summed E-state index contributed by atoms with van der Waals surface area (Å²) in [6, 6.07) is -0.0880. The molecule has 1 unspecified atom stereocenters. The van der Waals surface area contributed by atoms with Crippen LogP contribution in [0.2, 0.25) is 0 Å². The van der Waals surface area contributed by atoms with Crippen molar-refractivity contribution in [2.45, 2.75) is 19.4 Å².